The summed E-state index contributed by atoms with van der Waals surface area (Å²) in [5.41, 5.74) is 4.78. The van der Waals surface area contributed by atoms with E-state index in [1.807, 2.05) is 42.5 Å². The van der Waals surface area contributed by atoms with Crippen LogP contribution in [0, 0.1) is 0 Å². The molecule has 0 aliphatic heterocycles. The minimum absolute atomic E-state index is 0.550. The van der Waals surface area contributed by atoms with E-state index in [-0.39, 0.29) is 0 Å². The van der Waals surface area contributed by atoms with Gasteiger partial charge in [0.25, 0.3) is 0 Å². The highest BCUT2D eigenvalue weighted by Crippen LogP contribution is 2.24. The quantitative estimate of drug-likeness (QED) is 0.548. The number of benzene rings is 1. The van der Waals surface area contributed by atoms with Gasteiger partial charge in [-0.2, -0.15) is 5.10 Å². The van der Waals surface area contributed by atoms with Gasteiger partial charge in [0.2, 0.25) is 5.95 Å². The minimum Gasteiger partial charge on any atom is -0.497 e. The Labute approximate surface area is 156 Å². The maximum absolute atomic E-state index is 5.21. The van der Waals surface area contributed by atoms with Crippen LogP contribution in [0.5, 0.6) is 5.75 Å². The third kappa shape index (κ3) is 3.77. The second-order valence-electron chi connectivity index (χ2n) is 5.86. The molecule has 134 valence electrons. The first kappa shape index (κ1) is 16.7. The summed E-state index contributed by atoms with van der Waals surface area (Å²) in [4.78, 5) is 13.0. The van der Waals surface area contributed by atoms with E-state index >= 15 is 0 Å². The maximum atomic E-state index is 5.21. The number of hydrogen-bond acceptors (Lipinski definition) is 6. The third-order valence-corrected chi connectivity index (χ3v) is 4.15. The largest absolute Gasteiger partial charge is 0.497 e. The van der Waals surface area contributed by atoms with Crippen molar-refractivity contribution in [1.29, 1.82) is 0 Å². The monoisotopic (exact) mass is 358 g/mol. The number of aromatic amines is 1. The van der Waals surface area contributed by atoms with E-state index in [0.717, 1.165) is 33.8 Å². The van der Waals surface area contributed by atoms with Gasteiger partial charge in [0.05, 0.1) is 24.7 Å². The topological polar surface area (TPSA) is 88.6 Å². The van der Waals surface area contributed by atoms with Crippen molar-refractivity contribution >= 4 is 5.95 Å². The first-order valence-corrected chi connectivity index (χ1v) is 8.47. The van der Waals surface area contributed by atoms with Gasteiger partial charge in [-0.15, -0.1) is 0 Å². The highest BCUT2D eigenvalue weighted by atomic mass is 16.5. The molecule has 0 fully saturated rings. The number of rotatable bonds is 6. The molecular formula is C20H18N6O. The van der Waals surface area contributed by atoms with Crippen molar-refractivity contribution in [3.05, 3.63) is 72.8 Å². The predicted molar refractivity (Wildman–Crippen MR) is 103 cm³/mol. The molecule has 0 saturated heterocycles. The minimum atomic E-state index is 0.550. The van der Waals surface area contributed by atoms with Crippen molar-refractivity contribution in [3.63, 3.8) is 0 Å². The van der Waals surface area contributed by atoms with Gasteiger partial charge < -0.3 is 10.1 Å². The molecule has 0 saturated carbocycles. The van der Waals surface area contributed by atoms with Crippen molar-refractivity contribution in [2.45, 2.75) is 6.54 Å². The summed E-state index contributed by atoms with van der Waals surface area (Å²) in [6.45, 7) is 0.550. The van der Waals surface area contributed by atoms with Crippen LogP contribution >= 0.6 is 0 Å². The van der Waals surface area contributed by atoms with E-state index in [4.69, 9.17) is 4.74 Å². The zero-order valence-corrected chi connectivity index (χ0v) is 14.8. The second kappa shape index (κ2) is 7.65. The van der Waals surface area contributed by atoms with Gasteiger partial charge in [0.1, 0.15) is 5.75 Å². The maximum Gasteiger partial charge on any atom is 0.223 e. The Hall–Kier alpha value is -3.74. The van der Waals surface area contributed by atoms with Crippen LogP contribution in [-0.4, -0.2) is 32.3 Å². The molecule has 27 heavy (non-hydrogen) atoms. The molecule has 2 N–H and O–H groups in total. The summed E-state index contributed by atoms with van der Waals surface area (Å²) in [7, 11) is 1.65. The third-order valence-electron chi connectivity index (χ3n) is 4.15. The van der Waals surface area contributed by atoms with Crippen molar-refractivity contribution in [2.24, 2.45) is 0 Å². The highest BCUT2D eigenvalue weighted by Gasteiger charge is 2.09. The number of H-pyrrole nitrogens is 1. The van der Waals surface area contributed by atoms with Crippen LogP contribution in [0.2, 0.25) is 0 Å². The van der Waals surface area contributed by atoms with E-state index in [1.54, 1.807) is 31.9 Å². The van der Waals surface area contributed by atoms with Crippen LogP contribution in [0.4, 0.5) is 5.95 Å². The first-order chi connectivity index (χ1) is 13.3. The lowest BCUT2D eigenvalue weighted by Gasteiger charge is -2.08. The lowest BCUT2D eigenvalue weighted by atomic mass is 10.1. The van der Waals surface area contributed by atoms with E-state index in [0.29, 0.717) is 12.5 Å². The molecule has 0 spiro atoms. The van der Waals surface area contributed by atoms with Gasteiger partial charge in [-0.25, -0.2) is 9.97 Å². The van der Waals surface area contributed by atoms with Crippen LogP contribution in [0.1, 0.15) is 5.56 Å². The average molecular weight is 358 g/mol. The summed E-state index contributed by atoms with van der Waals surface area (Å²) < 4.78 is 5.21. The number of anilines is 1. The first-order valence-electron chi connectivity index (χ1n) is 8.47. The van der Waals surface area contributed by atoms with Crippen molar-refractivity contribution in [1.82, 2.24) is 25.1 Å². The van der Waals surface area contributed by atoms with Crippen LogP contribution in [0.3, 0.4) is 0 Å². The van der Waals surface area contributed by atoms with E-state index < -0.39 is 0 Å². The van der Waals surface area contributed by atoms with Gasteiger partial charge in [0.15, 0.2) is 0 Å². The van der Waals surface area contributed by atoms with Gasteiger partial charge in [-0.1, -0.05) is 0 Å². The normalized spacial score (nSPS) is 10.6. The number of hydrogen-bond donors (Lipinski definition) is 2. The SMILES string of the molecule is COc1ccc(-c2[nH]ncc2CNc2nccc(-c3cccnc3)n2)cc1. The fourth-order valence-electron chi connectivity index (χ4n) is 2.75. The second-order valence-corrected chi connectivity index (χ2v) is 5.86. The zero-order valence-electron chi connectivity index (χ0n) is 14.8. The lowest BCUT2D eigenvalue weighted by molar-refractivity contribution is 0.415. The number of methoxy groups -OCH3 is 1. The Morgan fingerprint density at radius 3 is 2.67 bits per heavy atom. The Morgan fingerprint density at radius 1 is 1.00 bits per heavy atom. The molecule has 0 unspecified atom stereocenters. The molecule has 0 aliphatic carbocycles. The molecular weight excluding hydrogens is 340 g/mol. The molecule has 0 atom stereocenters. The van der Waals surface area contributed by atoms with Gasteiger partial charge >= 0.3 is 0 Å². The lowest BCUT2D eigenvalue weighted by Crippen LogP contribution is -2.04. The van der Waals surface area contributed by atoms with Crippen molar-refractivity contribution < 1.29 is 4.74 Å². The van der Waals surface area contributed by atoms with Gasteiger partial charge in [0, 0.05) is 41.8 Å². The Bertz CT molecular complexity index is 1010. The van der Waals surface area contributed by atoms with Gasteiger partial charge in [-0.05, 0) is 42.5 Å². The zero-order chi connectivity index (χ0) is 18.5. The number of aromatic nitrogens is 5. The summed E-state index contributed by atoms with van der Waals surface area (Å²) in [6, 6.07) is 13.6. The summed E-state index contributed by atoms with van der Waals surface area (Å²) >= 11 is 0. The Morgan fingerprint density at radius 2 is 1.89 bits per heavy atom. The van der Waals surface area contributed by atoms with Crippen molar-refractivity contribution in [3.8, 4) is 28.3 Å². The van der Waals surface area contributed by atoms with E-state index in [1.165, 1.54) is 0 Å². The smallest absolute Gasteiger partial charge is 0.223 e. The molecule has 0 aliphatic rings. The average Bonchev–Trinajstić information content (AvgIpc) is 3.22. The van der Waals surface area contributed by atoms with Gasteiger partial charge in [-0.3, -0.25) is 10.1 Å². The molecule has 0 amide bonds. The molecule has 1 aromatic carbocycles. The molecule has 0 bridgehead atoms. The van der Waals surface area contributed by atoms with Crippen LogP contribution in [0.15, 0.2) is 67.3 Å². The fourth-order valence-corrected chi connectivity index (χ4v) is 2.75. The van der Waals surface area contributed by atoms with Crippen LogP contribution in [0.25, 0.3) is 22.5 Å². The standard InChI is InChI=1S/C20H18N6O/c1-27-17-6-4-14(5-7-17)19-16(13-24-26-19)12-23-20-22-10-8-18(25-20)15-3-2-9-21-11-15/h2-11,13H,12H2,1H3,(H,24,26)(H,22,23,25). The van der Waals surface area contributed by atoms with E-state index in [2.05, 4.69) is 30.5 Å². The molecule has 4 rings (SSSR count). The van der Waals surface area contributed by atoms with Crippen LogP contribution in [-0.2, 0) is 6.54 Å². The number of ether oxygens (including phenoxy) is 1. The fraction of sp³-hybridized carbons (Fsp3) is 0.100. The Balaban J connectivity index is 1.51. The summed E-state index contributed by atoms with van der Waals surface area (Å²) in [6.07, 6.45) is 7.06. The van der Waals surface area contributed by atoms with Crippen LogP contribution < -0.4 is 10.1 Å². The summed E-state index contributed by atoms with van der Waals surface area (Å²) in [5, 5.41) is 10.5. The number of pyridine rings is 1. The molecule has 0 radical (unpaired) electrons. The molecule has 3 aromatic heterocycles. The number of nitrogens with zero attached hydrogens (tertiary/aromatic N) is 4. The summed E-state index contributed by atoms with van der Waals surface area (Å²) in [5.74, 6) is 1.37. The Kier molecular flexibility index (Phi) is 4.74. The molecule has 7 nitrogen and oxygen atoms in total. The molecule has 7 heteroatoms. The number of nitrogens with one attached hydrogen (secondary N) is 2. The highest BCUT2D eigenvalue weighted by molar-refractivity contribution is 5.64. The predicted octanol–water partition coefficient (Wildman–Crippen LogP) is 3.55. The van der Waals surface area contributed by atoms with E-state index in [9.17, 15) is 0 Å². The molecule has 4 aromatic rings. The van der Waals surface area contributed by atoms with Crippen molar-refractivity contribution in [2.75, 3.05) is 12.4 Å². The molecule has 3 heterocycles.